The molecule has 0 spiro atoms. The largest absolute Gasteiger partial charge is 0.407 e. The van der Waals surface area contributed by atoms with Gasteiger partial charge in [-0.1, -0.05) is 0 Å². The minimum Gasteiger partial charge on any atom is -0.407 e. The Morgan fingerprint density at radius 2 is 0.444 bits per heavy atom. The van der Waals surface area contributed by atoms with Gasteiger partial charge in [0.1, 0.15) is 0 Å². The maximum absolute atomic E-state index is 14.8. The van der Waals surface area contributed by atoms with Crippen LogP contribution in [0.4, 0.5) is 65.9 Å². The molecule has 3 aromatic carbocycles. The van der Waals surface area contributed by atoms with Crippen LogP contribution in [0.25, 0.3) is 0 Å². The van der Waals surface area contributed by atoms with Crippen LogP contribution < -0.4 is 15.6 Å². The molecule has 0 unspecified atom stereocenters. The first kappa shape index (κ1) is 27.4. The van der Waals surface area contributed by atoms with Gasteiger partial charge in [-0.25, -0.2) is 65.9 Å². The van der Waals surface area contributed by atoms with E-state index in [0.717, 1.165) is 0 Å². The second-order valence-electron chi connectivity index (χ2n) is 6.72. The summed E-state index contributed by atoms with van der Waals surface area (Å²) in [4.78, 5) is 0. The van der Waals surface area contributed by atoms with E-state index in [-0.39, 0.29) is 7.11 Å². The summed E-state index contributed by atoms with van der Waals surface area (Å²) >= 11 is 0. The molecule has 0 heterocycles. The molecule has 3 rings (SSSR count). The molecule has 0 amide bonds. The van der Waals surface area contributed by atoms with Crippen LogP contribution in [0.5, 0.6) is 0 Å². The topological polar surface area (TPSA) is 9.23 Å². The number of hydrogen-bond acceptors (Lipinski definition) is 1. The zero-order chi connectivity index (χ0) is 27.6. The molecule has 0 radical (unpaired) electrons. The summed E-state index contributed by atoms with van der Waals surface area (Å²) in [5, 5.41) is -8.23. The summed E-state index contributed by atoms with van der Waals surface area (Å²) in [6.45, 7) is 0. The third kappa shape index (κ3) is 3.39. The van der Waals surface area contributed by atoms with Gasteiger partial charge >= 0.3 is 8.32 Å². The van der Waals surface area contributed by atoms with Crippen molar-refractivity contribution in [2.75, 3.05) is 7.11 Å². The predicted molar refractivity (Wildman–Crippen MR) is 90.4 cm³/mol. The Morgan fingerprint density at radius 3 is 0.583 bits per heavy atom. The molecule has 0 aliphatic rings. The van der Waals surface area contributed by atoms with Crippen molar-refractivity contribution in [1.82, 2.24) is 0 Å². The maximum Gasteiger partial charge on any atom is 0.306 e. The summed E-state index contributed by atoms with van der Waals surface area (Å²) in [6.07, 6.45) is 0. The number of rotatable bonds is 4. The van der Waals surface area contributed by atoms with Crippen molar-refractivity contribution < 1.29 is 70.3 Å². The molecular formula is C19H3F15OSi. The lowest BCUT2D eigenvalue weighted by Crippen LogP contribution is -2.74. The normalized spacial score (nSPS) is 12.0. The molecule has 0 aromatic heterocycles. The first-order valence-corrected chi connectivity index (χ1v) is 10.6. The lowest BCUT2D eigenvalue weighted by molar-refractivity contribution is 0.363. The van der Waals surface area contributed by atoms with Crippen molar-refractivity contribution in [3.05, 3.63) is 87.3 Å². The summed E-state index contributed by atoms with van der Waals surface area (Å²) in [5.41, 5.74) is 0. The second kappa shape index (κ2) is 9.02. The Hall–Kier alpha value is -3.21. The fraction of sp³-hybridized carbons (Fsp3) is 0.0526. The highest BCUT2D eigenvalue weighted by Gasteiger charge is 2.57. The Balaban J connectivity index is 2.84. The molecule has 0 saturated carbocycles. The van der Waals surface area contributed by atoms with Crippen molar-refractivity contribution in [1.29, 1.82) is 0 Å². The minimum atomic E-state index is -7.11. The molecular weight excluding hydrogens is 557 g/mol. The summed E-state index contributed by atoms with van der Waals surface area (Å²) in [5.74, 6) is -45.9. The Bertz CT molecular complexity index is 1180. The van der Waals surface area contributed by atoms with Gasteiger partial charge in [-0.3, -0.25) is 0 Å². The highest BCUT2D eigenvalue weighted by molar-refractivity contribution is 7.07. The summed E-state index contributed by atoms with van der Waals surface area (Å²) < 4.78 is 217. The Kier molecular flexibility index (Phi) is 6.86. The molecule has 0 atom stereocenters. The van der Waals surface area contributed by atoms with E-state index in [1.165, 1.54) is 0 Å². The molecule has 0 bridgehead atoms. The molecule has 3 aromatic rings. The van der Waals surface area contributed by atoms with Gasteiger partial charge < -0.3 is 4.43 Å². The zero-order valence-corrected chi connectivity index (χ0v) is 17.6. The molecule has 0 aliphatic carbocycles. The Morgan fingerprint density at radius 1 is 0.306 bits per heavy atom. The highest BCUT2D eigenvalue weighted by Crippen LogP contribution is 2.28. The van der Waals surface area contributed by atoms with Gasteiger partial charge in [0, 0.05) is 7.11 Å². The zero-order valence-electron chi connectivity index (χ0n) is 16.6. The van der Waals surface area contributed by atoms with Crippen LogP contribution in [-0.4, -0.2) is 15.4 Å². The second-order valence-corrected chi connectivity index (χ2v) is 9.99. The fourth-order valence-corrected chi connectivity index (χ4v) is 7.30. The van der Waals surface area contributed by atoms with E-state index in [1.807, 2.05) is 0 Å². The lowest BCUT2D eigenvalue weighted by atomic mass is 10.3. The number of halogens is 15. The van der Waals surface area contributed by atoms with Gasteiger partial charge in [-0.05, 0) is 0 Å². The molecule has 194 valence electrons. The third-order valence-electron chi connectivity index (χ3n) is 4.99. The van der Waals surface area contributed by atoms with Crippen molar-refractivity contribution in [2.45, 2.75) is 0 Å². The van der Waals surface area contributed by atoms with Gasteiger partial charge in [-0.15, -0.1) is 0 Å². The van der Waals surface area contributed by atoms with Crippen molar-refractivity contribution in [3.8, 4) is 0 Å². The molecule has 36 heavy (non-hydrogen) atoms. The third-order valence-corrected chi connectivity index (χ3v) is 9.03. The quantitative estimate of drug-likeness (QED) is 0.151. The SMILES string of the molecule is CO[Si](c1c(F)c(F)c(F)c(F)c1F)(c1c(F)c(F)c(F)c(F)c1F)c1c(F)c(F)c(F)c(F)c1F. The van der Waals surface area contributed by atoms with E-state index in [4.69, 9.17) is 0 Å². The van der Waals surface area contributed by atoms with Crippen molar-refractivity contribution >= 4 is 23.9 Å². The van der Waals surface area contributed by atoms with E-state index < -0.39 is 111 Å². The van der Waals surface area contributed by atoms with Crippen LogP contribution in [0.2, 0.25) is 0 Å². The van der Waals surface area contributed by atoms with Gasteiger partial charge in [0.2, 0.25) is 17.5 Å². The molecule has 0 saturated heterocycles. The molecule has 0 N–H and O–H groups in total. The standard InChI is InChI=1S/C19H3F15OSi/c1-35-36(17-11(29)5(23)2(20)6(24)12(17)30,18-13(31)7(25)3(21)8(26)14(18)32)19-15(33)9(27)4(22)10(28)16(19)34/h1H3. The van der Waals surface area contributed by atoms with Crippen LogP contribution >= 0.6 is 0 Å². The van der Waals surface area contributed by atoms with Crippen molar-refractivity contribution in [3.63, 3.8) is 0 Å². The van der Waals surface area contributed by atoms with Crippen LogP contribution in [0.15, 0.2) is 0 Å². The molecule has 17 heteroatoms. The van der Waals surface area contributed by atoms with Gasteiger partial charge in [0.05, 0.1) is 15.6 Å². The van der Waals surface area contributed by atoms with Gasteiger partial charge in [-0.2, -0.15) is 0 Å². The first-order chi connectivity index (χ1) is 16.6. The number of hydrogen-bond donors (Lipinski definition) is 0. The average Bonchev–Trinajstić information content (AvgIpc) is 2.85. The van der Waals surface area contributed by atoms with E-state index in [2.05, 4.69) is 4.43 Å². The lowest BCUT2D eigenvalue weighted by Gasteiger charge is -2.33. The van der Waals surface area contributed by atoms with Crippen LogP contribution in [0.1, 0.15) is 0 Å². The predicted octanol–water partition coefficient (Wildman–Crippen LogP) is 4.39. The smallest absolute Gasteiger partial charge is 0.306 e. The van der Waals surface area contributed by atoms with Crippen LogP contribution in [0.3, 0.4) is 0 Å². The molecule has 1 nitrogen and oxygen atoms in total. The van der Waals surface area contributed by atoms with Crippen LogP contribution in [-0.2, 0) is 4.43 Å². The maximum atomic E-state index is 14.8. The Labute approximate surface area is 189 Å². The van der Waals surface area contributed by atoms with Crippen LogP contribution in [0, 0.1) is 87.3 Å². The highest BCUT2D eigenvalue weighted by atomic mass is 28.4. The molecule has 0 fully saturated rings. The fourth-order valence-electron chi connectivity index (χ4n) is 3.42. The monoisotopic (exact) mass is 560 g/mol. The average molecular weight is 560 g/mol. The van der Waals surface area contributed by atoms with E-state index in [9.17, 15) is 65.9 Å². The van der Waals surface area contributed by atoms with Gasteiger partial charge in [0.15, 0.2) is 69.8 Å². The first-order valence-electron chi connectivity index (χ1n) is 8.70. The van der Waals surface area contributed by atoms with E-state index in [0.29, 0.717) is 0 Å². The van der Waals surface area contributed by atoms with Crippen molar-refractivity contribution in [2.24, 2.45) is 0 Å². The van der Waals surface area contributed by atoms with E-state index in [1.54, 1.807) is 0 Å². The summed E-state index contributed by atoms with van der Waals surface area (Å²) in [6, 6.07) is 0. The van der Waals surface area contributed by atoms with E-state index >= 15 is 0 Å². The van der Waals surface area contributed by atoms with Gasteiger partial charge in [0.25, 0.3) is 0 Å². The number of benzene rings is 3. The minimum absolute atomic E-state index is 0.0274. The molecule has 0 aliphatic heterocycles. The summed E-state index contributed by atoms with van der Waals surface area (Å²) in [7, 11) is -7.14.